The van der Waals surface area contributed by atoms with Gasteiger partial charge in [-0.3, -0.25) is 0 Å². The van der Waals surface area contributed by atoms with Crippen LogP contribution in [0.2, 0.25) is 0 Å². The molecular formula is C13H25NO. The normalized spacial score (nSPS) is 38.0. The van der Waals surface area contributed by atoms with Gasteiger partial charge in [-0.1, -0.05) is 13.8 Å². The Morgan fingerprint density at radius 2 is 1.93 bits per heavy atom. The van der Waals surface area contributed by atoms with E-state index in [0.29, 0.717) is 18.2 Å². The molecule has 0 amide bonds. The van der Waals surface area contributed by atoms with E-state index >= 15 is 0 Å². The molecule has 1 saturated heterocycles. The van der Waals surface area contributed by atoms with E-state index in [2.05, 4.69) is 26.1 Å². The SMILES string of the molecule is CC(C)C(C)NC1CCCC2OCCC12. The highest BCUT2D eigenvalue weighted by Crippen LogP contribution is 2.34. The van der Waals surface area contributed by atoms with Gasteiger partial charge in [0.15, 0.2) is 0 Å². The molecule has 0 aromatic heterocycles. The maximum absolute atomic E-state index is 5.79. The van der Waals surface area contributed by atoms with Gasteiger partial charge in [-0.15, -0.1) is 0 Å². The van der Waals surface area contributed by atoms with Gasteiger partial charge in [-0.25, -0.2) is 0 Å². The van der Waals surface area contributed by atoms with Crippen molar-refractivity contribution in [2.24, 2.45) is 11.8 Å². The van der Waals surface area contributed by atoms with Crippen LogP contribution >= 0.6 is 0 Å². The molecule has 0 aromatic carbocycles. The summed E-state index contributed by atoms with van der Waals surface area (Å²) >= 11 is 0. The van der Waals surface area contributed by atoms with Crippen LogP contribution in [-0.4, -0.2) is 24.8 Å². The molecule has 4 atom stereocenters. The van der Waals surface area contributed by atoms with Crippen molar-refractivity contribution < 1.29 is 4.74 Å². The lowest BCUT2D eigenvalue weighted by Crippen LogP contribution is -2.48. The topological polar surface area (TPSA) is 21.3 Å². The number of hydrogen-bond acceptors (Lipinski definition) is 2. The summed E-state index contributed by atoms with van der Waals surface area (Å²) in [6, 6.07) is 1.35. The van der Waals surface area contributed by atoms with Gasteiger partial charge < -0.3 is 10.1 Å². The fraction of sp³-hybridized carbons (Fsp3) is 1.00. The maximum Gasteiger partial charge on any atom is 0.0619 e. The lowest BCUT2D eigenvalue weighted by Gasteiger charge is -2.36. The van der Waals surface area contributed by atoms with Crippen LogP contribution in [0.5, 0.6) is 0 Å². The van der Waals surface area contributed by atoms with Crippen molar-refractivity contribution in [1.29, 1.82) is 0 Å². The Bertz CT molecular complexity index is 205. The predicted octanol–water partition coefficient (Wildman–Crippen LogP) is 2.58. The molecule has 2 heteroatoms. The first-order valence-corrected chi connectivity index (χ1v) is 6.56. The van der Waals surface area contributed by atoms with E-state index in [9.17, 15) is 0 Å². The van der Waals surface area contributed by atoms with Crippen LogP contribution in [-0.2, 0) is 4.74 Å². The standard InChI is InChI=1S/C13H25NO/c1-9(2)10(3)14-12-5-4-6-13-11(12)7-8-15-13/h9-14H,4-8H2,1-3H3. The Morgan fingerprint density at radius 3 is 2.67 bits per heavy atom. The summed E-state index contributed by atoms with van der Waals surface area (Å²) in [5.74, 6) is 1.52. The van der Waals surface area contributed by atoms with Gasteiger partial charge in [0.2, 0.25) is 0 Å². The molecule has 1 aliphatic carbocycles. The molecule has 2 aliphatic rings. The van der Waals surface area contributed by atoms with Crippen molar-refractivity contribution in [2.75, 3.05) is 6.61 Å². The first-order chi connectivity index (χ1) is 7.18. The van der Waals surface area contributed by atoms with E-state index in [1.807, 2.05) is 0 Å². The molecule has 0 radical (unpaired) electrons. The highest BCUT2D eigenvalue weighted by molar-refractivity contribution is 4.91. The molecule has 4 unspecified atom stereocenters. The second-order valence-corrected chi connectivity index (χ2v) is 5.60. The summed E-state index contributed by atoms with van der Waals surface area (Å²) < 4.78 is 5.79. The molecule has 1 heterocycles. The molecule has 1 saturated carbocycles. The van der Waals surface area contributed by atoms with E-state index in [1.165, 1.54) is 25.7 Å². The molecular weight excluding hydrogens is 186 g/mol. The third kappa shape index (κ3) is 2.54. The second kappa shape index (κ2) is 4.84. The second-order valence-electron chi connectivity index (χ2n) is 5.60. The van der Waals surface area contributed by atoms with Crippen molar-refractivity contribution in [3.8, 4) is 0 Å². The zero-order valence-corrected chi connectivity index (χ0v) is 10.3. The largest absolute Gasteiger partial charge is 0.378 e. The summed E-state index contributed by atoms with van der Waals surface area (Å²) in [7, 11) is 0. The minimum atomic E-state index is 0.565. The molecule has 0 spiro atoms. The highest BCUT2D eigenvalue weighted by Gasteiger charge is 2.37. The summed E-state index contributed by atoms with van der Waals surface area (Å²) in [6.07, 6.45) is 5.81. The van der Waals surface area contributed by atoms with E-state index in [4.69, 9.17) is 4.74 Å². The first kappa shape index (κ1) is 11.4. The molecule has 0 aromatic rings. The Hall–Kier alpha value is -0.0800. The molecule has 2 rings (SSSR count). The van der Waals surface area contributed by atoms with Crippen LogP contribution in [0.4, 0.5) is 0 Å². The van der Waals surface area contributed by atoms with Gasteiger partial charge >= 0.3 is 0 Å². The first-order valence-electron chi connectivity index (χ1n) is 6.56. The van der Waals surface area contributed by atoms with Crippen LogP contribution in [0.1, 0.15) is 46.5 Å². The van der Waals surface area contributed by atoms with E-state index in [0.717, 1.165) is 18.4 Å². The van der Waals surface area contributed by atoms with Crippen molar-refractivity contribution in [2.45, 2.75) is 64.6 Å². The van der Waals surface area contributed by atoms with Crippen molar-refractivity contribution in [3.05, 3.63) is 0 Å². The quantitative estimate of drug-likeness (QED) is 0.774. The molecule has 15 heavy (non-hydrogen) atoms. The molecule has 88 valence electrons. The van der Waals surface area contributed by atoms with Gasteiger partial charge in [0.25, 0.3) is 0 Å². The van der Waals surface area contributed by atoms with Crippen LogP contribution in [0, 0.1) is 11.8 Å². The maximum atomic E-state index is 5.79. The van der Waals surface area contributed by atoms with Gasteiger partial charge in [0, 0.05) is 24.6 Å². The Kier molecular flexibility index (Phi) is 3.68. The summed E-state index contributed by atoms with van der Waals surface area (Å²) in [4.78, 5) is 0. The Balaban J connectivity index is 1.90. The number of hydrogen-bond donors (Lipinski definition) is 1. The monoisotopic (exact) mass is 211 g/mol. The number of fused-ring (bicyclic) bond motifs is 1. The van der Waals surface area contributed by atoms with Gasteiger partial charge in [-0.05, 0) is 38.5 Å². The van der Waals surface area contributed by atoms with E-state index in [1.54, 1.807) is 0 Å². The van der Waals surface area contributed by atoms with Crippen molar-refractivity contribution in [1.82, 2.24) is 5.32 Å². The van der Waals surface area contributed by atoms with Crippen LogP contribution < -0.4 is 5.32 Å². The van der Waals surface area contributed by atoms with Crippen molar-refractivity contribution in [3.63, 3.8) is 0 Å². The number of nitrogens with one attached hydrogen (secondary N) is 1. The molecule has 2 nitrogen and oxygen atoms in total. The Morgan fingerprint density at radius 1 is 1.13 bits per heavy atom. The number of rotatable bonds is 3. The number of ether oxygens (including phenoxy) is 1. The summed E-state index contributed by atoms with van der Waals surface area (Å²) in [5.41, 5.74) is 0. The zero-order chi connectivity index (χ0) is 10.8. The van der Waals surface area contributed by atoms with Gasteiger partial charge in [0.1, 0.15) is 0 Å². The predicted molar refractivity (Wildman–Crippen MR) is 62.9 cm³/mol. The van der Waals surface area contributed by atoms with Gasteiger partial charge in [0.05, 0.1) is 6.10 Å². The molecule has 1 aliphatic heterocycles. The average Bonchev–Trinajstić information content (AvgIpc) is 2.66. The Labute approximate surface area is 93.8 Å². The van der Waals surface area contributed by atoms with Crippen LogP contribution in [0.25, 0.3) is 0 Å². The van der Waals surface area contributed by atoms with Crippen molar-refractivity contribution >= 4 is 0 Å². The lowest BCUT2D eigenvalue weighted by atomic mass is 9.81. The van der Waals surface area contributed by atoms with E-state index < -0.39 is 0 Å². The zero-order valence-electron chi connectivity index (χ0n) is 10.3. The third-order valence-corrected chi connectivity index (χ3v) is 4.26. The van der Waals surface area contributed by atoms with Crippen LogP contribution in [0.15, 0.2) is 0 Å². The van der Waals surface area contributed by atoms with Crippen LogP contribution in [0.3, 0.4) is 0 Å². The smallest absolute Gasteiger partial charge is 0.0619 e. The van der Waals surface area contributed by atoms with Gasteiger partial charge in [-0.2, -0.15) is 0 Å². The molecule has 2 fully saturated rings. The average molecular weight is 211 g/mol. The molecule has 1 N–H and O–H groups in total. The lowest BCUT2D eigenvalue weighted by molar-refractivity contribution is 0.0503. The minimum absolute atomic E-state index is 0.565. The van der Waals surface area contributed by atoms with E-state index in [-0.39, 0.29) is 0 Å². The minimum Gasteiger partial charge on any atom is -0.378 e. The fourth-order valence-corrected chi connectivity index (χ4v) is 2.91. The molecule has 0 bridgehead atoms. The summed E-state index contributed by atoms with van der Waals surface area (Å²) in [6.45, 7) is 7.89. The highest BCUT2D eigenvalue weighted by atomic mass is 16.5. The fourth-order valence-electron chi connectivity index (χ4n) is 2.91. The summed E-state index contributed by atoms with van der Waals surface area (Å²) in [5, 5.41) is 3.81. The third-order valence-electron chi connectivity index (χ3n) is 4.26.